The highest BCUT2D eigenvalue weighted by molar-refractivity contribution is 5.95. The first-order chi connectivity index (χ1) is 11.4. The van der Waals surface area contributed by atoms with E-state index in [1.165, 1.54) is 4.57 Å². The Hall–Kier alpha value is -2.68. The van der Waals surface area contributed by atoms with E-state index in [9.17, 15) is 18.0 Å². The summed E-state index contributed by atoms with van der Waals surface area (Å²) in [6.07, 6.45) is -3.07. The van der Waals surface area contributed by atoms with Gasteiger partial charge in [0.2, 0.25) is 11.7 Å². The number of halogens is 3. The van der Waals surface area contributed by atoms with Crippen LogP contribution in [-0.4, -0.2) is 33.8 Å². The SMILES string of the molecule is O=C(C1COC1)n1ccc2ccc(-c3noc(C(F)(F)F)n3)cc21. The van der Waals surface area contributed by atoms with Crippen molar-refractivity contribution in [2.24, 2.45) is 5.92 Å². The predicted octanol–water partition coefficient (Wildman–Crippen LogP) is 3.00. The van der Waals surface area contributed by atoms with Crippen LogP contribution in [0.25, 0.3) is 22.3 Å². The van der Waals surface area contributed by atoms with Gasteiger partial charge in [-0.3, -0.25) is 9.36 Å². The summed E-state index contributed by atoms with van der Waals surface area (Å²) in [5.74, 6) is -1.91. The van der Waals surface area contributed by atoms with Crippen LogP contribution in [0.2, 0.25) is 0 Å². The molecule has 1 aliphatic heterocycles. The molecule has 24 heavy (non-hydrogen) atoms. The number of ether oxygens (including phenoxy) is 1. The summed E-state index contributed by atoms with van der Waals surface area (Å²) in [6.45, 7) is 0.746. The van der Waals surface area contributed by atoms with E-state index in [-0.39, 0.29) is 17.6 Å². The molecule has 1 saturated heterocycles. The van der Waals surface area contributed by atoms with Crippen LogP contribution in [0.5, 0.6) is 0 Å². The summed E-state index contributed by atoms with van der Waals surface area (Å²) in [5.41, 5.74) is 0.905. The normalized spacial score (nSPS) is 15.6. The van der Waals surface area contributed by atoms with E-state index in [0.717, 1.165) is 5.39 Å². The molecule has 2 aromatic heterocycles. The molecule has 9 heteroatoms. The van der Waals surface area contributed by atoms with Gasteiger partial charge in [0, 0.05) is 17.1 Å². The number of nitrogens with zero attached hydrogens (tertiary/aromatic N) is 3. The number of carbonyl (C=O) groups excluding carboxylic acids is 1. The minimum Gasteiger partial charge on any atom is -0.380 e. The fourth-order valence-corrected chi connectivity index (χ4v) is 2.49. The Morgan fingerprint density at radius 1 is 1.25 bits per heavy atom. The Labute approximate surface area is 132 Å². The highest BCUT2D eigenvalue weighted by Crippen LogP contribution is 2.30. The van der Waals surface area contributed by atoms with Gasteiger partial charge in [-0.15, -0.1) is 0 Å². The first-order valence-electron chi connectivity index (χ1n) is 7.08. The van der Waals surface area contributed by atoms with Crippen molar-refractivity contribution in [2.75, 3.05) is 13.2 Å². The van der Waals surface area contributed by atoms with Gasteiger partial charge in [0.15, 0.2) is 0 Å². The number of carbonyl (C=O) groups is 1. The van der Waals surface area contributed by atoms with E-state index in [4.69, 9.17) is 4.74 Å². The van der Waals surface area contributed by atoms with E-state index in [1.54, 1.807) is 30.5 Å². The van der Waals surface area contributed by atoms with Crippen LogP contribution in [0.4, 0.5) is 13.2 Å². The van der Waals surface area contributed by atoms with Crippen LogP contribution < -0.4 is 0 Å². The average Bonchev–Trinajstić information content (AvgIpc) is 3.11. The van der Waals surface area contributed by atoms with Crippen LogP contribution >= 0.6 is 0 Å². The summed E-state index contributed by atoms with van der Waals surface area (Å²) in [6, 6.07) is 6.59. The first-order valence-corrected chi connectivity index (χ1v) is 7.08. The van der Waals surface area contributed by atoms with Crippen molar-refractivity contribution in [2.45, 2.75) is 6.18 Å². The van der Waals surface area contributed by atoms with Crippen molar-refractivity contribution in [1.82, 2.24) is 14.7 Å². The molecule has 0 radical (unpaired) electrons. The number of benzene rings is 1. The van der Waals surface area contributed by atoms with Gasteiger partial charge in [-0.05, 0) is 12.1 Å². The first kappa shape index (κ1) is 14.9. The second kappa shape index (κ2) is 5.17. The Morgan fingerprint density at radius 2 is 2.04 bits per heavy atom. The standard InChI is InChI=1S/C15H10F3N3O3/c16-15(17,18)14-19-12(20-24-14)9-2-1-8-3-4-21(11(8)5-9)13(22)10-6-23-7-10/h1-5,10H,6-7H2. The Kier molecular flexibility index (Phi) is 3.20. The molecular weight excluding hydrogens is 327 g/mol. The fraction of sp³-hybridized carbons (Fsp3) is 0.267. The van der Waals surface area contributed by atoms with E-state index in [0.29, 0.717) is 24.3 Å². The number of alkyl halides is 3. The molecule has 0 amide bonds. The number of hydrogen-bond donors (Lipinski definition) is 0. The molecule has 6 nitrogen and oxygen atoms in total. The van der Waals surface area contributed by atoms with Gasteiger partial charge in [0.1, 0.15) is 0 Å². The van der Waals surface area contributed by atoms with Crippen LogP contribution in [-0.2, 0) is 10.9 Å². The van der Waals surface area contributed by atoms with Crippen molar-refractivity contribution in [1.29, 1.82) is 0 Å². The van der Waals surface area contributed by atoms with Gasteiger partial charge in [-0.1, -0.05) is 17.3 Å². The second-order valence-corrected chi connectivity index (χ2v) is 5.45. The highest BCUT2D eigenvalue weighted by atomic mass is 19.4. The van der Waals surface area contributed by atoms with Crippen molar-refractivity contribution < 1.29 is 27.2 Å². The molecule has 0 N–H and O–H groups in total. The van der Waals surface area contributed by atoms with Gasteiger partial charge in [-0.25, -0.2) is 0 Å². The molecule has 0 unspecified atom stereocenters. The van der Waals surface area contributed by atoms with Gasteiger partial charge in [0.25, 0.3) is 0 Å². The Morgan fingerprint density at radius 3 is 2.67 bits per heavy atom. The van der Waals surface area contributed by atoms with Gasteiger partial charge in [0.05, 0.1) is 24.6 Å². The molecule has 1 fully saturated rings. The zero-order valence-corrected chi connectivity index (χ0v) is 12.1. The monoisotopic (exact) mass is 337 g/mol. The van der Waals surface area contributed by atoms with E-state index < -0.39 is 12.1 Å². The van der Waals surface area contributed by atoms with Gasteiger partial charge >= 0.3 is 12.1 Å². The maximum absolute atomic E-state index is 12.6. The molecule has 1 aliphatic rings. The molecule has 0 spiro atoms. The number of fused-ring (bicyclic) bond motifs is 1. The third-order valence-electron chi connectivity index (χ3n) is 3.84. The lowest BCUT2D eigenvalue weighted by Crippen LogP contribution is -2.37. The Bertz CT molecular complexity index is 925. The van der Waals surface area contributed by atoms with Crippen molar-refractivity contribution >= 4 is 16.8 Å². The fourth-order valence-electron chi connectivity index (χ4n) is 2.49. The summed E-state index contributed by atoms with van der Waals surface area (Å²) in [7, 11) is 0. The van der Waals surface area contributed by atoms with Crippen LogP contribution in [0.15, 0.2) is 35.0 Å². The zero-order valence-electron chi connectivity index (χ0n) is 12.1. The third kappa shape index (κ3) is 2.37. The molecule has 0 bridgehead atoms. The molecule has 3 aromatic rings. The lowest BCUT2D eigenvalue weighted by Gasteiger charge is -2.24. The van der Waals surface area contributed by atoms with E-state index in [2.05, 4.69) is 14.7 Å². The Balaban J connectivity index is 1.74. The minimum absolute atomic E-state index is 0.113. The lowest BCUT2D eigenvalue weighted by atomic mass is 10.1. The molecule has 3 heterocycles. The van der Waals surface area contributed by atoms with Crippen molar-refractivity contribution in [3.8, 4) is 11.4 Å². The summed E-state index contributed by atoms with van der Waals surface area (Å²) in [4.78, 5) is 15.7. The number of aromatic nitrogens is 3. The van der Waals surface area contributed by atoms with Gasteiger partial charge < -0.3 is 9.26 Å². The van der Waals surface area contributed by atoms with E-state index in [1.807, 2.05) is 0 Å². The molecule has 124 valence electrons. The maximum Gasteiger partial charge on any atom is 0.471 e. The summed E-state index contributed by atoms with van der Waals surface area (Å²) < 4.78 is 48.4. The number of hydrogen-bond acceptors (Lipinski definition) is 5. The van der Waals surface area contributed by atoms with Crippen LogP contribution in [0.3, 0.4) is 0 Å². The summed E-state index contributed by atoms with van der Waals surface area (Å²) in [5, 5.41) is 4.14. The molecule has 0 atom stereocenters. The topological polar surface area (TPSA) is 70.2 Å². The van der Waals surface area contributed by atoms with Crippen LogP contribution in [0.1, 0.15) is 10.7 Å². The molecule has 0 aliphatic carbocycles. The highest BCUT2D eigenvalue weighted by Gasteiger charge is 2.38. The quantitative estimate of drug-likeness (QED) is 0.719. The second-order valence-electron chi connectivity index (χ2n) is 5.45. The molecular formula is C15H10F3N3O3. The molecule has 4 rings (SSSR count). The largest absolute Gasteiger partial charge is 0.471 e. The van der Waals surface area contributed by atoms with Crippen LogP contribution in [0, 0.1) is 5.92 Å². The summed E-state index contributed by atoms with van der Waals surface area (Å²) >= 11 is 0. The maximum atomic E-state index is 12.6. The minimum atomic E-state index is -4.70. The van der Waals surface area contributed by atoms with Crippen molar-refractivity contribution in [3.63, 3.8) is 0 Å². The van der Waals surface area contributed by atoms with Gasteiger partial charge in [-0.2, -0.15) is 18.2 Å². The van der Waals surface area contributed by atoms with E-state index >= 15 is 0 Å². The number of rotatable bonds is 2. The third-order valence-corrected chi connectivity index (χ3v) is 3.84. The van der Waals surface area contributed by atoms with Crippen molar-refractivity contribution in [3.05, 3.63) is 36.4 Å². The zero-order chi connectivity index (χ0) is 16.9. The smallest absolute Gasteiger partial charge is 0.380 e. The molecule has 0 saturated carbocycles. The lowest BCUT2D eigenvalue weighted by molar-refractivity contribution is -0.159. The predicted molar refractivity (Wildman–Crippen MR) is 75.2 cm³/mol. The molecule has 1 aromatic carbocycles. The average molecular weight is 337 g/mol.